The van der Waals surface area contributed by atoms with Crippen molar-refractivity contribution < 1.29 is 27.5 Å². The number of sulfonamides is 1. The molecule has 10 nitrogen and oxygen atoms in total. The van der Waals surface area contributed by atoms with Crippen molar-refractivity contribution in [1.82, 2.24) is 19.5 Å². The van der Waals surface area contributed by atoms with Crippen LogP contribution in [0.25, 0.3) is 0 Å². The summed E-state index contributed by atoms with van der Waals surface area (Å²) in [5, 5.41) is 2.96. The molecule has 2 heterocycles. The summed E-state index contributed by atoms with van der Waals surface area (Å²) < 4.78 is 38.4. The number of hydrogen-bond donors (Lipinski definition) is 1. The molecule has 4 aromatic rings. The Kier molecular flexibility index (Phi) is 10.3. The zero-order valence-corrected chi connectivity index (χ0v) is 24.9. The number of hydrogen-bond acceptors (Lipinski definition) is 7. The standard InChI is InChI=1S/C33H34N4O6S/c38-31(25-43-29-13-15-30(16-14-29)44(40,41)36-18-20-42-21-19-36)37(24-26-8-3-1-4-9-26)32(28-11-5-2-6-12-28)33(39)35-23-27-10-7-17-34-22-27/h1-17,22,32H,18-21,23-25H2,(H,35,39)/t32-/m1/s1. The summed E-state index contributed by atoms with van der Waals surface area (Å²) in [5.74, 6) is -0.428. The van der Waals surface area contributed by atoms with Crippen LogP contribution < -0.4 is 10.1 Å². The van der Waals surface area contributed by atoms with E-state index in [4.69, 9.17) is 9.47 Å². The van der Waals surface area contributed by atoms with Crippen molar-refractivity contribution in [3.63, 3.8) is 0 Å². The van der Waals surface area contributed by atoms with Crippen molar-refractivity contribution in [1.29, 1.82) is 0 Å². The summed E-state index contributed by atoms with van der Waals surface area (Å²) in [6.45, 7) is 1.36. The predicted molar refractivity (Wildman–Crippen MR) is 164 cm³/mol. The molecule has 1 N–H and O–H groups in total. The maximum Gasteiger partial charge on any atom is 0.261 e. The van der Waals surface area contributed by atoms with Gasteiger partial charge >= 0.3 is 0 Å². The van der Waals surface area contributed by atoms with Crippen LogP contribution in [0.3, 0.4) is 0 Å². The number of nitrogens with zero attached hydrogens (tertiary/aromatic N) is 3. The first-order chi connectivity index (χ1) is 21.4. The number of carbonyl (C=O) groups excluding carboxylic acids is 2. The monoisotopic (exact) mass is 614 g/mol. The topological polar surface area (TPSA) is 118 Å². The van der Waals surface area contributed by atoms with Crippen LogP contribution in [0.4, 0.5) is 0 Å². The van der Waals surface area contributed by atoms with Crippen LogP contribution in [0, 0.1) is 0 Å². The summed E-state index contributed by atoms with van der Waals surface area (Å²) in [6, 6.07) is 27.2. The molecular formula is C33H34N4O6S. The zero-order valence-electron chi connectivity index (χ0n) is 24.1. The summed E-state index contributed by atoms with van der Waals surface area (Å²) in [7, 11) is -3.66. The van der Waals surface area contributed by atoms with E-state index in [0.29, 0.717) is 37.6 Å². The van der Waals surface area contributed by atoms with Crippen LogP contribution in [-0.2, 0) is 37.4 Å². The van der Waals surface area contributed by atoms with Gasteiger partial charge in [-0.1, -0.05) is 66.7 Å². The Hall–Kier alpha value is -4.58. The Morgan fingerprint density at radius 1 is 0.886 bits per heavy atom. The Morgan fingerprint density at radius 2 is 1.55 bits per heavy atom. The van der Waals surface area contributed by atoms with Crippen molar-refractivity contribution in [2.24, 2.45) is 0 Å². The fourth-order valence-electron chi connectivity index (χ4n) is 4.87. The van der Waals surface area contributed by atoms with E-state index in [1.165, 1.54) is 33.5 Å². The molecular weight excluding hydrogens is 580 g/mol. The van der Waals surface area contributed by atoms with Crippen molar-refractivity contribution in [3.8, 4) is 5.75 Å². The lowest BCUT2D eigenvalue weighted by atomic mass is 10.0. The van der Waals surface area contributed by atoms with Crippen LogP contribution in [0.2, 0.25) is 0 Å². The molecule has 1 saturated heterocycles. The lowest BCUT2D eigenvalue weighted by Crippen LogP contribution is -2.45. The van der Waals surface area contributed by atoms with Gasteiger partial charge in [-0.05, 0) is 47.0 Å². The number of benzene rings is 3. The first kappa shape index (κ1) is 30.9. The van der Waals surface area contributed by atoms with Gasteiger partial charge in [-0.2, -0.15) is 4.31 Å². The molecule has 44 heavy (non-hydrogen) atoms. The van der Waals surface area contributed by atoms with Crippen LogP contribution >= 0.6 is 0 Å². The largest absolute Gasteiger partial charge is 0.484 e. The van der Waals surface area contributed by atoms with Crippen LogP contribution in [0.1, 0.15) is 22.7 Å². The minimum atomic E-state index is -3.66. The third kappa shape index (κ3) is 7.87. The van der Waals surface area contributed by atoms with Gasteiger partial charge in [-0.25, -0.2) is 8.42 Å². The van der Waals surface area contributed by atoms with Crippen molar-refractivity contribution >= 4 is 21.8 Å². The van der Waals surface area contributed by atoms with E-state index in [1.54, 1.807) is 18.5 Å². The summed E-state index contributed by atoms with van der Waals surface area (Å²) in [4.78, 5) is 33.3. The highest BCUT2D eigenvalue weighted by molar-refractivity contribution is 7.89. The van der Waals surface area contributed by atoms with E-state index in [2.05, 4.69) is 10.3 Å². The fourth-order valence-corrected chi connectivity index (χ4v) is 6.28. The molecule has 1 fully saturated rings. The number of carbonyl (C=O) groups is 2. The Morgan fingerprint density at radius 3 is 2.20 bits per heavy atom. The molecule has 11 heteroatoms. The Bertz CT molecular complexity index is 1620. The van der Waals surface area contributed by atoms with Gasteiger partial charge in [0, 0.05) is 38.6 Å². The highest BCUT2D eigenvalue weighted by atomic mass is 32.2. The molecule has 1 aliphatic rings. The van der Waals surface area contributed by atoms with Crippen LogP contribution in [0.5, 0.6) is 5.75 Å². The average Bonchev–Trinajstić information content (AvgIpc) is 3.08. The maximum atomic E-state index is 13.8. The second-order valence-corrected chi connectivity index (χ2v) is 12.1. The molecule has 0 spiro atoms. The average molecular weight is 615 g/mol. The van der Waals surface area contributed by atoms with Gasteiger partial charge in [0.1, 0.15) is 11.8 Å². The van der Waals surface area contributed by atoms with Gasteiger partial charge in [0.2, 0.25) is 15.9 Å². The fraction of sp³-hybridized carbons (Fsp3) is 0.242. The van der Waals surface area contributed by atoms with Gasteiger partial charge < -0.3 is 19.7 Å². The Labute approximate surface area is 257 Å². The molecule has 3 aromatic carbocycles. The van der Waals surface area contributed by atoms with Gasteiger partial charge in [0.15, 0.2) is 6.61 Å². The first-order valence-electron chi connectivity index (χ1n) is 14.3. The normalized spacial score (nSPS) is 14.4. The van der Waals surface area contributed by atoms with E-state index in [1.807, 2.05) is 66.7 Å². The molecule has 1 aliphatic heterocycles. The van der Waals surface area contributed by atoms with E-state index >= 15 is 0 Å². The number of nitrogens with one attached hydrogen (secondary N) is 1. The Balaban J connectivity index is 1.35. The number of aromatic nitrogens is 1. The molecule has 1 atom stereocenters. The quantitative estimate of drug-likeness (QED) is 0.259. The van der Waals surface area contributed by atoms with E-state index in [9.17, 15) is 18.0 Å². The summed E-state index contributed by atoms with van der Waals surface area (Å²) in [5.41, 5.74) is 2.33. The maximum absolute atomic E-state index is 13.8. The molecule has 5 rings (SSSR count). The van der Waals surface area contributed by atoms with Crippen molar-refractivity contribution in [3.05, 3.63) is 126 Å². The number of rotatable bonds is 12. The minimum absolute atomic E-state index is 0.137. The second kappa shape index (κ2) is 14.7. The molecule has 0 bridgehead atoms. The predicted octanol–water partition coefficient (Wildman–Crippen LogP) is 3.57. The number of ether oxygens (including phenoxy) is 2. The smallest absolute Gasteiger partial charge is 0.261 e. The lowest BCUT2D eigenvalue weighted by molar-refractivity contribution is -0.143. The van der Waals surface area contributed by atoms with Gasteiger partial charge in [-0.3, -0.25) is 14.6 Å². The molecule has 0 saturated carbocycles. The van der Waals surface area contributed by atoms with Crippen LogP contribution in [-0.4, -0.2) is 67.3 Å². The molecule has 0 unspecified atom stereocenters. The van der Waals surface area contributed by atoms with Crippen molar-refractivity contribution in [2.45, 2.75) is 24.0 Å². The number of amides is 2. The van der Waals surface area contributed by atoms with E-state index < -0.39 is 22.0 Å². The van der Waals surface area contributed by atoms with Gasteiger partial charge in [-0.15, -0.1) is 0 Å². The SMILES string of the molecule is O=C(NCc1cccnc1)[C@@H](c1ccccc1)N(Cc1ccccc1)C(=O)COc1ccc(S(=O)(=O)N2CCOCC2)cc1. The third-order valence-corrected chi connectivity index (χ3v) is 9.09. The summed E-state index contributed by atoms with van der Waals surface area (Å²) >= 11 is 0. The number of morpholine rings is 1. The first-order valence-corrected chi connectivity index (χ1v) is 15.7. The van der Waals surface area contributed by atoms with Gasteiger partial charge in [0.05, 0.1) is 18.1 Å². The summed E-state index contributed by atoms with van der Waals surface area (Å²) in [6.07, 6.45) is 3.34. The molecule has 1 aromatic heterocycles. The molecule has 2 amide bonds. The number of pyridine rings is 1. The molecule has 0 radical (unpaired) electrons. The zero-order chi connectivity index (χ0) is 30.8. The van der Waals surface area contributed by atoms with E-state index in [0.717, 1.165) is 11.1 Å². The highest BCUT2D eigenvalue weighted by Crippen LogP contribution is 2.25. The molecule has 0 aliphatic carbocycles. The van der Waals surface area contributed by atoms with Crippen molar-refractivity contribution in [2.75, 3.05) is 32.9 Å². The lowest BCUT2D eigenvalue weighted by Gasteiger charge is -2.31. The third-order valence-electron chi connectivity index (χ3n) is 7.17. The van der Waals surface area contributed by atoms with E-state index in [-0.39, 0.29) is 30.5 Å². The molecule has 228 valence electrons. The van der Waals surface area contributed by atoms with Gasteiger partial charge in [0.25, 0.3) is 5.91 Å². The van der Waals surface area contributed by atoms with Crippen LogP contribution in [0.15, 0.2) is 114 Å². The second-order valence-electron chi connectivity index (χ2n) is 10.2. The minimum Gasteiger partial charge on any atom is -0.484 e. The highest BCUT2D eigenvalue weighted by Gasteiger charge is 2.32.